The molecule has 1 aromatic heterocycles. The quantitative estimate of drug-likeness (QED) is 0.850. The lowest BCUT2D eigenvalue weighted by atomic mass is 9.85. The normalized spacial score (nSPS) is 18.5. The van der Waals surface area contributed by atoms with Crippen molar-refractivity contribution in [2.24, 2.45) is 5.92 Å². The Morgan fingerprint density at radius 3 is 2.79 bits per heavy atom. The van der Waals surface area contributed by atoms with Gasteiger partial charge in [-0.1, -0.05) is 25.3 Å². The third-order valence-corrected chi connectivity index (χ3v) is 5.05. The second kappa shape index (κ2) is 7.90. The number of benzene rings is 1. The van der Waals surface area contributed by atoms with Crippen LogP contribution in [0.25, 0.3) is 5.69 Å². The van der Waals surface area contributed by atoms with Crippen LogP contribution < -0.4 is 5.32 Å². The number of hydrogen-bond acceptors (Lipinski definition) is 3. The molecular weight excluding hydrogens is 305 g/mol. The maximum atomic E-state index is 14.3. The van der Waals surface area contributed by atoms with Crippen LogP contribution in [0.4, 0.5) is 4.39 Å². The highest BCUT2D eigenvalue weighted by Crippen LogP contribution is 2.26. The molecule has 5 heteroatoms. The van der Waals surface area contributed by atoms with Gasteiger partial charge in [0.25, 0.3) is 0 Å². The van der Waals surface area contributed by atoms with Gasteiger partial charge in [0, 0.05) is 25.0 Å². The van der Waals surface area contributed by atoms with Crippen molar-refractivity contribution in [3.05, 3.63) is 48.0 Å². The van der Waals surface area contributed by atoms with Gasteiger partial charge in [0.05, 0.1) is 6.10 Å². The lowest BCUT2D eigenvalue weighted by molar-refractivity contribution is 0.0819. The van der Waals surface area contributed by atoms with Gasteiger partial charge in [0.1, 0.15) is 11.5 Å². The summed E-state index contributed by atoms with van der Waals surface area (Å²) < 4.78 is 15.8. The minimum Gasteiger partial charge on any atom is -0.392 e. The molecule has 0 amide bonds. The Morgan fingerprint density at radius 2 is 2.12 bits per heavy atom. The van der Waals surface area contributed by atoms with Crippen molar-refractivity contribution >= 4 is 0 Å². The van der Waals surface area contributed by atoms with Crippen LogP contribution in [0.5, 0.6) is 0 Å². The summed E-state index contributed by atoms with van der Waals surface area (Å²) in [6, 6.07) is 6.95. The SMILES string of the molecule is C[C@@H](NCC(O)C1CCCCC1)c1ccc(-n2cccn2)c(F)c1. The maximum Gasteiger partial charge on any atom is 0.149 e. The molecule has 1 fully saturated rings. The van der Waals surface area contributed by atoms with E-state index in [1.54, 1.807) is 30.6 Å². The zero-order chi connectivity index (χ0) is 16.9. The smallest absolute Gasteiger partial charge is 0.149 e. The van der Waals surface area contributed by atoms with Gasteiger partial charge in [0.2, 0.25) is 0 Å². The van der Waals surface area contributed by atoms with E-state index in [1.807, 2.05) is 13.0 Å². The summed E-state index contributed by atoms with van der Waals surface area (Å²) in [6.45, 7) is 2.55. The fourth-order valence-electron chi connectivity index (χ4n) is 3.49. The predicted octanol–water partition coefficient (Wildman–Crippen LogP) is 3.60. The molecule has 1 saturated carbocycles. The second-order valence-corrected chi connectivity index (χ2v) is 6.76. The standard InChI is InChI=1S/C19H26FN3O/c1-14(21-13-19(24)15-6-3-2-4-7-15)16-8-9-18(17(20)12-16)23-11-5-10-22-23/h5,8-12,14-15,19,21,24H,2-4,6-7,13H2,1H3/t14-,19?/m1/s1. The Bertz CT molecular complexity index is 638. The number of nitrogens with zero attached hydrogens (tertiary/aromatic N) is 2. The molecule has 0 spiro atoms. The third kappa shape index (κ3) is 4.02. The van der Waals surface area contributed by atoms with Gasteiger partial charge in [-0.2, -0.15) is 5.10 Å². The summed E-state index contributed by atoms with van der Waals surface area (Å²) in [4.78, 5) is 0. The van der Waals surface area contributed by atoms with Gasteiger partial charge >= 0.3 is 0 Å². The lowest BCUT2D eigenvalue weighted by Gasteiger charge is -2.28. The number of aromatic nitrogens is 2. The van der Waals surface area contributed by atoms with Crippen LogP contribution in [0, 0.1) is 11.7 Å². The number of rotatable bonds is 6. The maximum absolute atomic E-state index is 14.3. The zero-order valence-electron chi connectivity index (χ0n) is 14.2. The Balaban J connectivity index is 1.58. The predicted molar refractivity (Wildman–Crippen MR) is 92.5 cm³/mol. The van der Waals surface area contributed by atoms with Crippen molar-refractivity contribution in [1.29, 1.82) is 0 Å². The molecule has 24 heavy (non-hydrogen) atoms. The Morgan fingerprint density at radius 1 is 1.33 bits per heavy atom. The van der Waals surface area contributed by atoms with Crippen molar-refractivity contribution in [3.8, 4) is 5.69 Å². The fourth-order valence-corrected chi connectivity index (χ4v) is 3.49. The summed E-state index contributed by atoms with van der Waals surface area (Å²) in [7, 11) is 0. The highest BCUT2D eigenvalue weighted by molar-refractivity contribution is 5.36. The van der Waals surface area contributed by atoms with Gasteiger partial charge in [-0.25, -0.2) is 9.07 Å². The average Bonchev–Trinajstić information content (AvgIpc) is 3.14. The molecular formula is C19H26FN3O. The number of aliphatic hydroxyl groups excluding tert-OH is 1. The molecule has 3 rings (SSSR count). The Labute approximate surface area is 142 Å². The number of nitrogens with one attached hydrogen (secondary N) is 1. The molecule has 2 aromatic rings. The lowest BCUT2D eigenvalue weighted by Crippen LogP contribution is -2.35. The van der Waals surface area contributed by atoms with E-state index in [2.05, 4.69) is 10.4 Å². The first-order valence-electron chi connectivity index (χ1n) is 8.86. The van der Waals surface area contributed by atoms with E-state index in [1.165, 1.54) is 23.9 Å². The summed E-state index contributed by atoms with van der Waals surface area (Å²) in [5, 5.41) is 17.7. The van der Waals surface area contributed by atoms with Gasteiger partial charge < -0.3 is 10.4 Å². The van der Waals surface area contributed by atoms with E-state index in [0.717, 1.165) is 18.4 Å². The zero-order valence-corrected chi connectivity index (χ0v) is 14.2. The molecule has 4 nitrogen and oxygen atoms in total. The molecule has 2 atom stereocenters. The van der Waals surface area contributed by atoms with Crippen molar-refractivity contribution < 1.29 is 9.50 Å². The van der Waals surface area contributed by atoms with E-state index >= 15 is 0 Å². The van der Waals surface area contributed by atoms with E-state index in [0.29, 0.717) is 18.2 Å². The van der Waals surface area contributed by atoms with Crippen LogP contribution in [-0.4, -0.2) is 27.5 Å². The molecule has 1 aromatic carbocycles. The summed E-state index contributed by atoms with van der Waals surface area (Å²) >= 11 is 0. The summed E-state index contributed by atoms with van der Waals surface area (Å²) in [5.41, 5.74) is 1.32. The topological polar surface area (TPSA) is 50.1 Å². The first-order valence-corrected chi connectivity index (χ1v) is 8.86. The van der Waals surface area contributed by atoms with Gasteiger partial charge in [0.15, 0.2) is 0 Å². The largest absolute Gasteiger partial charge is 0.392 e. The minimum atomic E-state index is -0.319. The first-order chi connectivity index (χ1) is 11.6. The highest BCUT2D eigenvalue weighted by Gasteiger charge is 2.22. The first kappa shape index (κ1) is 17.1. The number of hydrogen-bond donors (Lipinski definition) is 2. The minimum absolute atomic E-state index is 0.00980. The van der Waals surface area contributed by atoms with Gasteiger partial charge in [-0.15, -0.1) is 0 Å². The molecule has 2 N–H and O–H groups in total. The molecule has 0 aliphatic heterocycles. The molecule has 1 heterocycles. The molecule has 1 unspecified atom stereocenters. The summed E-state index contributed by atoms with van der Waals surface area (Å²) in [5.74, 6) is 0.107. The Kier molecular flexibility index (Phi) is 5.63. The number of halogens is 1. The van der Waals surface area contributed by atoms with E-state index in [4.69, 9.17) is 0 Å². The van der Waals surface area contributed by atoms with Crippen LogP contribution in [-0.2, 0) is 0 Å². The molecule has 0 bridgehead atoms. The molecule has 0 saturated heterocycles. The highest BCUT2D eigenvalue weighted by atomic mass is 19.1. The monoisotopic (exact) mass is 331 g/mol. The molecule has 1 aliphatic rings. The molecule has 130 valence electrons. The molecule has 0 radical (unpaired) electrons. The van der Waals surface area contributed by atoms with Crippen LogP contribution in [0.15, 0.2) is 36.7 Å². The fraction of sp³-hybridized carbons (Fsp3) is 0.526. The Hall–Kier alpha value is -1.72. The van der Waals surface area contributed by atoms with E-state index < -0.39 is 0 Å². The average molecular weight is 331 g/mol. The molecule has 1 aliphatic carbocycles. The van der Waals surface area contributed by atoms with Crippen molar-refractivity contribution in [2.45, 2.75) is 51.2 Å². The van der Waals surface area contributed by atoms with Crippen LogP contribution in [0.1, 0.15) is 50.6 Å². The van der Waals surface area contributed by atoms with E-state index in [9.17, 15) is 9.50 Å². The third-order valence-electron chi connectivity index (χ3n) is 5.05. The number of aliphatic hydroxyl groups is 1. The second-order valence-electron chi connectivity index (χ2n) is 6.76. The van der Waals surface area contributed by atoms with Gasteiger partial charge in [-0.3, -0.25) is 0 Å². The van der Waals surface area contributed by atoms with E-state index in [-0.39, 0.29) is 18.0 Å². The van der Waals surface area contributed by atoms with Crippen molar-refractivity contribution in [3.63, 3.8) is 0 Å². The van der Waals surface area contributed by atoms with Crippen molar-refractivity contribution in [1.82, 2.24) is 15.1 Å². The van der Waals surface area contributed by atoms with Crippen LogP contribution >= 0.6 is 0 Å². The summed E-state index contributed by atoms with van der Waals surface area (Å²) in [6.07, 6.45) is 8.99. The van der Waals surface area contributed by atoms with Crippen LogP contribution in [0.2, 0.25) is 0 Å². The van der Waals surface area contributed by atoms with Gasteiger partial charge in [-0.05, 0) is 49.4 Å². The van der Waals surface area contributed by atoms with Crippen LogP contribution in [0.3, 0.4) is 0 Å². The van der Waals surface area contributed by atoms with Crippen molar-refractivity contribution in [2.75, 3.05) is 6.54 Å².